The number of H-pyrrole nitrogens is 1. The van der Waals surface area contributed by atoms with Gasteiger partial charge in [-0.15, -0.1) is 5.10 Å². The average Bonchev–Trinajstić information content (AvgIpc) is 2.45. The molecule has 1 rings (SSSR count). The zero-order valence-electron chi connectivity index (χ0n) is 8.81. The summed E-state index contributed by atoms with van der Waals surface area (Å²) in [5.74, 6) is 0.328. The van der Waals surface area contributed by atoms with E-state index in [1.807, 2.05) is 20.8 Å². The third-order valence-corrected chi connectivity index (χ3v) is 2.10. The molecule has 0 radical (unpaired) electrons. The van der Waals surface area contributed by atoms with Crippen molar-refractivity contribution in [1.29, 1.82) is 0 Å². The molecule has 0 atom stereocenters. The highest BCUT2D eigenvalue weighted by atomic mass is 32.2. The van der Waals surface area contributed by atoms with Crippen LogP contribution in [-0.2, 0) is 21.4 Å². The van der Waals surface area contributed by atoms with Crippen LogP contribution in [0.4, 0.5) is 0 Å². The predicted octanol–water partition coefficient (Wildman–Crippen LogP) is -0.233. The molecule has 15 heavy (non-hydrogen) atoms. The summed E-state index contributed by atoms with van der Waals surface area (Å²) in [6, 6.07) is 0. The van der Waals surface area contributed by atoms with Gasteiger partial charge in [0.2, 0.25) is 0 Å². The molecule has 0 bridgehead atoms. The Morgan fingerprint density at radius 1 is 1.47 bits per heavy atom. The quantitative estimate of drug-likeness (QED) is 0.750. The molecule has 0 saturated carbocycles. The lowest BCUT2D eigenvalue weighted by molar-refractivity contribution is -0.0180. The van der Waals surface area contributed by atoms with E-state index in [9.17, 15) is 8.42 Å². The second-order valence-corrected chi connectivity index (χ2v) is 5.47. The number of sulfonamides is 1. The van der Waals surface area contributed by atoms with Gasteiger partial charge in [-0.2, -0.15) is 4.98 Å². The SMILES string of the molecule is CC(C)(C)OCc1nc(S(N)(=O)=O)n[nH]1. The van der Waals surface area contributed by atoms with Crippen molar-refractivity contribution in [2.24, 2.45) is 5.14 Å². The lowest BCUT2D eigenvalue weighted by Gasteiger charge is -2.18. The molecule has 0 spiro atoms. The summed E-state index contributed by atoms with van der Waals surface area (Å²) in [6.07, 6.45) is 0. The molecule has 0 aliphatic heterocycles. The summed E-state index contributed by atoms with van der Waals surface area (Å²) in [4.78, 5) is 3.68. The molecular formula is C7H14N4O3S. The Labute approximate surface area is 88.1 Å². The molecule has 1 heterocycles. The summed E-state index contributed by atoms with van der Waals surface area (Å²) in [5.41, 5.74) is -0.325. The van der Waals surface area contributed by atoms with Crippen LogP contribution >= 0.6 is 0 Å². The maximum atomic E-state index is 10.8. The minimum absolute atomic E-state index is 0.159. The maximum absolute atomic E-state index is 10.8. The van der Waals surface area contributed by atoms with E-state index in [4.69, 9.17) is 9.88 Å². The number of aromatic amines is 1. The monoisotopic (exact) mass is 234 g/mol. The zero-order valence-corrected chi connectivity index (χ0v) is 9.63. The fourth-order valence-corrected chi connectivity index (χ4v) is 1.16. The van der Waals surface area contributed by atoms with Gasteiger partial charge < -0.3 is 4.74 Å². The first-order valence-electron chi connectivity index (χ1n) is 4.26. The molecule has 86 valence electrons. The maximum Gasteiger partial charge on any atom is 0.282 e. The van der Waals surface area contributed by atoms with Crippen molar-refractivity contribution in [2.75, 3.05) is 0 Å². The molecule has 0 aromatic carbocycles. The minimum Gasteiger partial charge on any atom is -0.368 e. The zero-order chi connectivity index (χ0) is 11.7. The molecule has 0 saturated heterocycles. The second-order valence-electron chi connectivity index (χ2n) is 4.01. The van der Waals surface area contributed by atoms with E-state index < -0.39 is 15.2 Å². The van der Waals surface area contributed by atoms with E-state index in [1.54, 1.807) is 0 Å². The van der Waals surface area contributed by atoms with E-state index in [1.165, 1.54) is 0 Å². The van der Waals surface area contributed by atoms with Crippen molar-refractivity contribution < 1.29 is 13.2 Å². The number of hydrogen-bond donors (Lipinski definition) is 2. The summed E-state index contributed by atoms with van der Waals surface area (Å²) in [5, 5.41) is 10.3. The van der Waals surface area contributed by atoms with Crippen LogP contribution in [0.15, 0.2) is 5.16 Å². The number of nitrogens with one attached hydrogen (secondary N) is 1. The lowest BCUT2D eigenvalue weighted by atomic mass is 10.2. The van der Waals surface area contributed by atoms with Crippen LogP contribution in [0.2, 0.25) is 0 Å². The third kappa shape index (κ3) is 3.94. The topological polar surface area (TPSA) is 111 Å². The van der Waals surface area contributed by atoms with Crippen LogP contribution < -0.4 is 5.14 Å². The van der Waals surface area contributed by atoms with Gasteiger partial charge in [-0.05, 0) is 20.8 Å². The Kier molecular flexibility index (Phi) is 3.12. The lowest BCUT2D eigenvalue weighted by Crippen LogP contribution is -2.19. The molecule has 0 unspecified atom stereocenters. The van der Waals surface area contributed by atoms with E-state index in [0.29, 0.717) is 5.82 Å². The Bertz CT molecular complexity index is 431. The smallest absolute Gasteiger partial charge is 0.282 e. The van der Waals surface area contributed by atoms with Crippen molar-refractivity contribution in [1.82, 2.24) is 15.2 Å². The number of aromatic nitrogens is 3. The van der Waals surface area contributed by atoms with Gasteiger partial charge in [0.1, 0.15) is 6.61 Å². The number of rotatable bonds is 3. The van der Waals surface area contributed by atoms with Gasteiger partial charge in [0, 0.05) is 0 Å². The standard InChI is InChI=1S/C7H14N4O3S/c1-7(2,3)14-4-5-9-6(11-10-5)15(8,12)13/h4H2,1-3H3,(H2,8,12,13)(H,9,10,11). The van der Waals surface area contributed by atoms with Crippen LogP contribution in [0.25, 0.3) is 0 Å². The van der Waals surface area contributed by atoms with E-state index in [0.717, 1.165) is 0 Å². The van der Waals surface area contributed by atoms with Crippen molar-refractivity contribution >= 4 is 10.0 Å². The Morgan fingerprint density at radius 2 is 2.07 bits per heavy atom. The highest BCUT2D eigenvalue weighted by Gasteiger charge is 2.16. The van der Waals surface area contributed by atoms with Crippen LogP contribution in [0, 0.1) is 0 Å². The predicted molar refractivity (Wildman–Crippen MR) is 52.3 cm³/mol. The van der Waals surface area contributed by atoms with Gasteiger partial charge in [0.05, 0.1) is 5.60 Å². The van der Waals surface area contributed by atoms with Crippen molar-refractivity contribution in [3.63, 3.8) is 0 Å². The van der Waals surface area contributed by atoms with Gasteiger partial charge in [-0.3, -0.25) is 5.10 Å². The first-order valence-corrected chi connectivity index (χ1v) is 5.81. The summed E-state index contributed by atoms with van der Waals surface area (Å²) >= 11 is 0. The van der Waals surface area contributed by atoms with E-state index in [-0.39, 0.29) is 12.2 Å². The Hall–Kier alpha value is -0.990. The third-order valence-electron chi connectivity index (χ3n) is 1.41. The summed E-state index contributed by atoms with van der Waals surface area (Å²) in [7, 11) is -3.84. The molecule has 1 aromatic heterocycles. The highest BCUT2D eigenvalue weighted by molar-refractivity contribution is 7.89. The van der Waals surface area contributed by atoms with Gasteiger partial charge in [0.25, 0.3) is 15.2 Å². The fraction of sp³-hybridized carbons (Fsp3) is 0.714. The molecule has 1 aromatic rings. The Balaban J connectivity index is 2.70. The first kappa shape index (κ1) is 12.1. The first-order chi connectivity index (χ1) is 6.68. The van der Waals surface area contributed by atoms with Crippen LogP contribution in [0.3, 0.4) is 0 Å². The number of hydrogen-bond acceptors (Lipinski definition) is 5. The number of nitrogens with two attached hydrogens (primary N) is 1. The Morgan fingerprint density at radius 3 is 2.47 bits per heavy atom. The van der Waals surface area contributed by atoms with E-state index in [2.05, 4.69) is 15.2 Å². The van der Waals surface area contributed by atoms with E-state index >= 15 is 0 Å². The van der Waals surface area contributed by atoms with Gasteiger partial charge >= 0.3 is 0 Å². The van der Waals surface area contributed by atoms with Crippen molar-refractivity contribution in [3.05, 3.63) is 5.82 Å². The molecule has 3 N–H and O–H groups in total. The van der Waals surface area contributed by atoms with Crippen molar-refractivity contribution in [3.8, 4) is 0 Å². The molecule has 8 heteroatoms. The largest absolute Gasteiger partial charge is 0.368 e. The molecule has 0 fully saturated rings. The second kappa shape index (κ2) is 3.87. The molecule has 0 aliphatic rings. The molecular weight excluding hydrogens is 220 g/mol. The minimum atomic E-state index is -3.84. The van der Waals surface area contributed by atoms with Crippen molar-refractivity contribution in [2.45, 2.75) is 38.1 Å². The van der Waals surface area contributed by atoms with Gasteiger partial charge in [-0.25, -0.2) is 13.6 Å². The average molecular weight is 234 g/mol. The van der Waals surface area contributed by atoms with Gasteiger partial charge in [-0.1, -0.05) is 0 Å². The van der Waals surface area contributed by atoms with Crippen LogP contribution in [0.1, 0.15) is 26.6 Å². The molecule has 0 amide bonds. The summed E-state index contributed by atoms with van der Waals surface area (Å²) in [6.45, 7) is 5.80. The number of ether oxygens (including phenoxy) is 1. The molecule has 7 nitrogen and oxygen atoms in total. The highest BCUT2D eigenvalue weighted by Crippen LogP contribution is 2.09. The number of nitrogens with zero attached hydrogens (tertiary/aromatic N) is 2. The van der Waals surface area contributed by atoms with Crippen LogP contribution in [-0.4, -0.2) is 29.2 Å². The van der Waals surface area contributed by atoms with Crippen LogP contribution in [0.5, 0.6) is 0 Å². The molecule has 0 aliphatic carbocycles. The summed E-state index contributed by atoms with van der Waals surface area (Å²) < 4.78 is 27.1. The van der Waals surface area contributed by atoms with Gasteiger partial charge in [0.15, 0.2) is 5.82 Å². The number of primary sulfonamides is 1. The fourth-order valence-electron chi connectivity index (χ4n) is 0.754. The normalized spacial score (nSPS) is 13.1.